The van der Waals surface area contributed by atoms with Crippen LogP contribution >= 0.6 is 7.92 Å². The van der Waals surface area contributed by atoms with E-state index < -0.39 is 0 Å². The van der Waals surface area contributed by atoms with Gasteiger partial charge in [-0.25, -0.2) is 0 Å². The van der Waals surface area contributed by atoms with Crippen molar-refractivity contribution in [3.05, 3.63) is 54.1 Å². The molecule has 22 heavy (non-hydrogen) atoms. The Bertz CT molecular complexity index is 807. The minimum Gasteiger partial charge on any atom is -0.0694 e. The van der Waals surface area contributed by atoms with Crippen LogP contribution in [-0.2, 0) is 0 Å². The van der Waals surface area contributed by atoms with E-state index in [1.807, 2.05) is 0 Å². The molecule has 1 heteroatoms. The van der Waals surface area contributed by atoms with Crippen LogP contribution in [0.15, 0.2) is 48.5 Å². The molecule has 0 bridgehead atoms. The monoisotopic (exact) mass is 308 g/mol. The largest absolute Gasteiger partial charge is 0.0694 e. The molecule has 0 saturated heterocycles. The summed E-state index contributed by atoms with van der Waals surface area (Å²) in [4.78, 5) is 0. The Morgan fingerprint density at radius 2 is 1.32 bits per heavy atom. The molecule has 0 aliphatic carbocycles. The van der Waals surface area contributed by atoms with Crippen LogP contribution in [0.5, 0.6) is 0 Å². The highest BCUT2D eigenvalue weighted by Crippen LogP contribution is 2.46. The fourth-order valence-electron chi connectivity index (χ4n) is 3.57. The van der Waals surface area contributed by atoms with Crippen molar-refractivity contribution in [3.8, 4) is 0 Å². The van der Waals surface area contributed by atoms with Gasteiger partial charge in [0.1, 0.15) is 0 Å². The molecule has 0 aromatic heterocycles. The Morgan fingerprint density at radius 3 is 1.95 bits per heavy atom. The number of fused-ring (bicyclic) bond motifs is 2. The molecule has 0 aliphatic rings. The van der Waals surface area contributed by atoms with E-state index in [0.717, 1.165) is 0 Å². The first-order chi connectivity index (χ1) is 10.5. The molecule has 0 unspecified atom stereocenters. The minimum absolute atomic E-state index is 0.139. The van der Waals surface area contributed by atoms with Gasteiger partial charge >= 0.3 is 0 Å². The van der Waals surface area contributed by atoms with Crippen molar-refractivity contribution in [2.45, 2.75) is 45.9 Å². The molecule has 0 saturated carbocycles. The second kappa shape index (κ2) is 6.01. The maximum Gasteiger partial charge on any atom is -0.0100 e. The van der Waals surface area contributed by atoms with Gasteiger partial charge in [0.2, 0.25) is 0 Å². The van der Waals surface area contributed by atoms with Crippen LogP contribution in [0, 0.1) is 6.92 Å². The molecule has 0 radical (unpaired) electrons. The van der Waals surface area contributed by atoms with Crippen molar-refractivity contribution in [1.29, 1.82) is 0 Å². The fourth-order valence-corrected chi connectivity index (χ4v) is 6.60. The third kappa shape index (κ3) is 2.66. The maximum absolute atomic E-state index is 2.43. The predicted molar refractivity (Wildman–Crippen MR) is 103 cm³/mol. The maximum atomic E-state index is 2.43. The summed E-state index contributed by atoms with van der Waals surface area (Å²) in [5.74, 6) is 0. The fraction of sp³-hybridized carbons (Fsp3) is 0.333. The molecule has 114 valence electrons. The molecule has 0 heterocycles. The van der Waals surface area contributed by atoms with Crippen LogP contribution in [0.3, 0.4) is 0 Å². The van der Waals surface area contributed by atoms with Crippen molar-refractivity contribution in [2.24, 2.45) is 0 Å². The van der Waals surface area contributed by atoms with Crippen molar-refractivity contribution < 1.29 is 0 Å². The van der Waals surface area contributed by atoms with E-state index in [1.165, 1.54) is 27.1 Å². The zero-order valence-electron chi connectivity index (χ0n) is 14.2. The number of hydrogen-bond acceptors (Lipinski definition) is 0. The molecule has 3 aromatic rings. The first-order valence-electron chi connectivity index (χ1n) is 8.19. The molecular weight excluding hydrogens is 283 g/mol. The third-order valence-electron chi connectivity index (χ3n) is 4.47. The molecule has 0 fully saturated rings. The van der Waals surface area contributed by atoms with Gasteiger partial charge in [-0.3, -0.25) is 0 Å². The van der Waals surface area contributed by atoms with E-state index in [0.29, 0.717) is 11.3 Å². The first-order valence-corrected chi connectivity index (χ1v) is 9.67. The van der Waals surface area contributed by atoms with Crippen LogP contribution < -0.4 is 5.30 Å². The Hall–Kier alpha value is -1.39. The van der Waals surface area contributed by atoms with Crippen LogP contribution in [0.4, 0.5) is 0 Å². The lowest BCUT2D eigenvalue weighted by molar-refractivity contribution is 1.02. The van der Waals surface area contributed by atoms with Crippen LogP contribution in [-0.4, -0.2) is 11.3 Å². The molecule has 3 rings (SSSR count). The second-order valence-corrected chi connectivity index (χ2v) is 10.1. The summed E-state index contributed by atoms with van der Waals surface area (Å²) < 4.78 is 0. The molecule has 0 aliphatic heterocycles. The summed E-state index contributed by atoms with van der Waals surface area (Å²) in [6.07, 6.45) is 0. The molecular formula is C21H25P. The molecule has 0 atom stereocenters. The lowest BCUT2D eigenvalue weighted by Crippen LogP contribution is -2.15. The van der Waals surface area contributed by atoms with Gasteiger partial charge in [0.15, 0.2) is 0 Å². The number of benzene rings is 3. The first kappa shape index (κ1) is 15.5. The average molecular weight is 308 g/mol. The van der Waals surface area contributed by atoms with Crippen molar-refractivity contribution >= 4 is 34.8 Å². The molecule has 0 spiro atoms. The lowest BCUT2D eigenvalue weighted by Gasteiger charge is -2.27. The highest BCUT2D eigenvalue weighted by molar-refractivity contribution is 7.67. The zero-order valence-corrected chi connectivity index (χ0v) is 15.1. The van der Waals surface area contributed by atoms with Crippen LogP contribution in [0.1, 0.15) is 33.3 Å². The summed E-state index contributed by atoms with van der Waals surface area (Å²) in [5.41, 5.74) is 2.80. The third-order valence-corrected chi connectivity index (χ3v) is 7.64. The minimum atomic E-state index is -0.139. The number of aryl methyl sites for hydroxylation is 1. The van der Waals surface area contributed by atoms with Crippen molar-refractivity contribution in [2.75, 3.05) is 0 Å². The van der Waals surface area contributed by atoms with Gasteiger partial charge in [-0.05, 0) is 62.8 Å². The Labute approximate surface area is 135 Å². The lowest BCUT2D eigenvalue weighted by atomic mass is 10.0. The van der Waals surface area contributed by atoms with E-state index in [1.54, 1.807) is 5.30 Å². The number of hydrogen-bond donors (Lipinski definition) is 0. The Kier molecular flexibility index (Phi) is 4.24. The van der Waals surface area contributed by atoms with Crippen LogP contribution in [0.25, 0.3) is 21.5 Å². The van der Waals surface area contributed by atoms with E-state index in [9.17, 15) is 0 Å². The van der Waals surface area contributed by atoms with Gasteiger partial charge in [-0.2, -0.15) is 0 Å². The zero-order chi connectivity index (χ0) is 15.9. The highest BCUT2D eigenvalue weighted by Gasteiger charge is 2.21. The van der Waals surface area contributed by atoms with Gasteiger partial charge in [0.25, 0.3) is 0 Å². The molecule has 3 aromatic carbocycles. The summed E-state index contributed by atoms with van der Waals surface area (Å²) in [7, 11) is -0.139. The van der Waals surface area contributed by atoms with E-state index in [2.05, 4.69) is 83.1 Å². The number of rotatable bonds is 3. The standard InChI is InChI=1S/C21H25P/c1-14(2)22(15(3)4)21-11-7-10-18-12-17-9-6-8-16(5)19(17)13-20(18)21/h6-15H,1-5H3. The summed E-state index contributed by atoms with van der Waals surface area (Å²) in [6, 6.07) is 18.2. The van der Waals surface area contributed by atoms with Gasteiger partial charge < -0.3 is 0 Å². The Morgan fingerprint density at radius 1 is 0.727 bits per heavy atom. The second-order valence-electron chi connectivity index (χ2n) is 6.74. The van der Waals surface area contributed by atoms with Crippen molar-refractivity contribution in [3.63, 3.8) is 0 Å². The van der Waals surface area contributed by atoms with Gasteiger partial charge in [-0.1, -0.05) is 72.0 Å². The summed E-state index contributed by atoms with van der Waals surface area (Å²) in [6.45, 7) is 11.7. The molecule has 0 N–H and O–H groups in total. The van der Waals surface area contributed by atoms with E-state index >= 15 is 0 Å². The van der Waals surface area contributed by atoms with Crippen molar-refractivity contribution in [1.82, 2.24) is 0 Å². The Balaban J connectivity index is 2.34. The summed E-state index contributed by atoms with van der Waals surface area (Å²) >= 11 is 0. The van der Waals surface area contributed by atoms with E-state index in [-0.39, 0.29) is 7.92 Å². The van der Waals surface area contributed by atoms with Crippen LogP contribution in [0.2, 0.25) is 0 Å². The van der Waals surface area contributed by atoms with Gasteiger partial charge in [-0.15, -0.1) is 0 Å². The topological polar surface area (TPSA) is 0 Å². The smallest absolute Gasteiger partial charge is 0.0100 e. The average Bonchev–Trinajstić information content (AvgIpc) is 2.45. The predicted octanol–water partition coefficient (Wildman–Crippen LogP) is 6.23. The highest BCUT2D eigenvalue weighted by atomic mass is 31.1. The quantitative estimate of drug-likeness (QED) is 0.397. The SMILES string of the molecule is Cc1cccc2cc3cccc(P(C(C)C)C(C)C)c3cc12. The van der Waals surface area contributed by atoms with Gasteiger partial charge in [0, 0.05) is 0 Å². The normalized spacial score (nSPS) is 12.2. The van der Waals surface area contributed by atoms with Gasteiger partial charge in [0.05, 0.1) is 0 Å². The summed E-state index contributed by atoms with van der Waals surface area (Å²) in [5, 5.41) is 7.15. The molecule has 0 nitrogen and oxygen atoms in total. The molecule has 0 amide bonds. The van der Waals surface area contributed by atoms with E-state index in [4.69, 9.17) is 0 Å².